The van der Waals surface area contributed by atoms with E-state index in [-0.39, 0.29) is 18.9 Å². The number of carbonyl (C=O) groups is 2. The number of H-pyrrole nitrogens is 1. The molecule has 0 spiro atoms. The Balaban J connectivity index is 1.25. The van der Waals surface area contributed by atoms with Crippen LogP contribution in [0.2, 0.25) is 0 Å². The van der Waals surface area contributed by atoms with Gasteiger partial charge in [-0.2, -0.15) is 0 Å². The molecule has 0 aliphatic rings. The number of carbonyl (C=O) groups excluding carboxylic acids is 2. The van der Waals surface area contributed by atoms with Gasteiger partial charge in [-0.3, -0.25) is 20.4 Å². The van der Waals surface area contributed by atoms with Crippen LogP contribution in [0.1, 0.15) is 17.5 Å². The maximum Gasteiger partial charge on any atom is 0.336 e. The molecule has 8 nitrogen and oxygen atoms in total. The number of fused-ring (bicyclic) bond motifs is 2. The summed E-state index contributed by atoms with van der Waals surface area (Å²) >= 11 is 0. The highest BCUT2D eigenvalue weighted by molar-refractivity contribution is 5.85. The minimum absolute atomic E-state index is 0.228. The molecule has 2 amide bonds. The number of benzene rings is 2. The van der Waals surface area contributed by atoms with Gasteiger partial charge in [0.1, 0.15) is 11.3 Å². The Kier molecular flexibility index (Phi) is 5.70. The summed E-state index contributed by atoms with van der Waals surface area (Å²) in [4.78, 5) is 38.7. The molecular weight excluding hydrogens is 398 g/mol. The van der Waals surface area contributed by atoms with Crippen LogP contribution in [-0.2, 0) is 16.0 Å². The fraction of sp³-hybridized carbons (Fsp3) is 0.174. The maximum absolute atomic E-state index is 12.0. The van der Waals surface area contributed by atoms with E-state index in [1.165, 1.54) is 6.07 Å². The molecule has 0 radical (unpaired) electrons. The molecule has 0 atom stereocenters. The second kappa shape index (κ2) is 8.74. The van der Waals surface area contributed by atoms with E-state index in [1.807, 2.05) is 37.4 Å². The number of ether oxygens (including phenoxy) is 1. The second-order valence-corrected chi connectivity index (χ2v) is 7.15. The lowest BCUT2D eigenvalue weighted by molar-refractivity contribution is -0.130. The first-order valence-corrected chi connectivity index (χ1v) is 9.79. The number of hydrazine groups is 1. The first-order valence-electron chi connectivity index (χ1n) is 9.79. The van der Waals surface area contributed by atoms with Crippen molar-refractivity contribution in [2.24, 2.45) is 0 Å². The normalized spacial score (nSPS) is 10.9. The van der Waals surface area contributed by atoms with E-state index < -0.39 is 11.5 Å². The summed E-state index contributed by atoms with van der Waals surface area (Å²) in [6, 6.07) is 14.3. The summed E-state index contributed by atoms with van der Waals surface area (Å²) in [6.07, 6.45) is 2.66. The number of aryl methyl sites for hydroxylation is 2. The summed E-state index contributed by atoms with van der Waals surface area (Å²) in [5.41, 5.74) is 7.51. The largest absolute Gasteiger partial charge is 0.484 e. The van der Waals surface area contributed by atoms with Crippen LogP contribution in [0, 0.1) is 6.92 Å². The van der Waals surface area contributed by atoms with Crippen molar-refractivity contribution < 1.29 is 18.7 Å². The second-order valence-electron chi connectivity index (χ2n) is 7.15. The van der Waals surface area contributed by atoms with Gasteiger partial charge in [0.05, 0.1) is 0 Å². The van der Waals surface area contributed by atoms with Crippen LogP contribution in [0.4, 0.5) is 0 Å². The summed E-state index contributed by atoms with van der Waals surface area (Å²) in [5, 5.41) is 1.87. The van der Waals surface area contributed by atoms with Gasteiger partial charge in [0.2, 0.25) is 5.91 Å². The molecule has 0 saturated carbocycles. The Bertz CT molecular complexity index is 1320. The van der Waals surface area contributed by atoms with Crippen molar-refractivity contribution in [2.45, 2.75) is 19.8 Å². The molecular formula is C23H21N3O5. The quantitative estimate of drug-likeness (QED) is 0.329. The van der Waals surface area contributed by atoms with Crippen LogP contribution in [-0.4, -0.2) is 23.4 Å². The van der Waals surface area contributed by atoms with Gasteiger partial charge in [-0.1, -0.05) is 18.2 Å². The number of para-hydroxylation sites is 1. The van der Waals surface area contributed by atoms with Gasteiger partial charge >= 0.3 is 5.63 Å². The Morgan fingerprint density at radius 3 is 2.71 bits per heavy atom. The van der Waals surface area contributed by atoms with Crippen LogP contribution in [0.15, 0.2) is 63.9 Å². The van der Waals surface area contributed by atoms with E-state index in [1.54, 1.807) is 18.2 Å². The Labute approximate surface area is 177 Å². The van der Waals surface area contributed by atoms with Crippen LogP contribution in [0.5, 0.6) is 5.75 Å². The van der Waals surface area contributed by atoms with Crippen molar-refractivity contribution >= 4 is 33.7 Å². The molecule has 0 aliphatic heterocycles. The molecule has 0 unspecified atom stereocenters. The molecule has 3 N–H and O–H groups in total. The van der Waals surface area contributed by atoms with Gasteiger partial charge in [0.15, 0.2) is 6.61 Å². The fourth-order valence-corrected chi connectivity index (χ4v) is 3.37. The standard InChI is InChI=1S/C23H21N3O5/c1-14-10-23(29)31-20-11-16(7-8-17(14)20)30-13-22(28)26-25-21(27)9-6-15-12-24-19-5-3-2-4-18(15)19/h2-5,7-8,10-12,24H,6,9,13H2,1H3,(H,25,27)(H,26,28). The lowest BCUT2D eigenvalue weighted by atomic mass is 10.1. The number of rotatable bonds is 6. The minimum Gasteiger partial charge on any atom is -0.484 e. The predicted octanol–water partition coefficient (Wildman–Crippen LogP) is 2.74. The molecule has 4 rings (SSSR count). The molecule has 8 heteroatoms. The van der Waals surface area contributed by atoms with Gasteiger partial charge in [-0.25, -0.2) is 4.79 Å². The molecule has 2 aromatic carbocycles. The van der Waals surface area contributed by atoms with Crippen molar-refractivity contribution in [3.05, 3.63) is 76.3 Å². The molecule has 0 aliphatic carbocycles. The van der Waals surface area contributed by atoms with E-state index >= 15 is 0 Å². The molecule has 2 aromatic heterocycles. The molecule has 0 bridgehead atoms. The van der Waals surface area contributed by atoms with Gasteiger partial charge in [-0.05, 0) is 42.7 Å². The molecule has 31 heavy (non-hydrogen) atoms. The van der Waals surface area contributed by atoms with Gasteiger partial charge in [0, 0.05) is 41.0 Å². The number of hydrogen-bond donors (Lipinski definition) is 3. The zero-order valence-corrected chi connectivity index (χ0v) is 16.9. The van der Waals surface area contributed by atoms with Crippen molar-refractivity contribution in [3.8, 4) is 5.75 Å². The summed E-state index contributed by atoms with van der Waals surface area (Å²) in [7, 11) is 0. The lowest BCUT2D eigenvalue weighted by Crippen LogP contribution is -2.43. The van der Waals surface area contributed by atoms with E-state index in [0.29, 0.717) is 17.8 Å². The zero-order chi connectivity index (χ0) is 21.8. The highest BCUT2D eigenvalue weighted by atomic mass is 16.5. The lowest BCUT2D eigenvalue weighted by Gasteiger charge is -2.09. The van der Waals surface area contributed by atoms with Crippen LogP contribution in [0.25, 0.3) is 21.9 Å². The number of nitrogens with one attached hydrogen (secondary N) is 3. The number of aromatic nitrogens is 1. The molecule has 158 valence electrons. The molecule has 0 fully saturated rings. The van der Waals surface area contributed by atoms with E-state index in [9.17, 15) is 14.4 Å². The number of amides is 2. The minimum atomic E-state index is -0.508. The molecule has 4 aromatic rings. The summed E-state index contributed by atoms with van der Waals surface area (Å²) in [5.74, 6) is -0.435. The highest BCUT2D eigenvalue weighted by Gasteiger charge is 2.09. The monoisotopic (exact) mass is 419 g/mol. The van der Waals surface area contributed by atoms with E-state index in [4.69, 9.17) is 9.15 Å². The summed E-state index contributed by atoms with van der Waals surface area (Å²) < 4.78 is 10.6. The Hall–Kier alpha value is -4.07. The third-order valence-corrected chi connectivity index (χ3v) is 4.93. The number of aromatic amines is 1. The van der Waals surface area contributed by atoms with Crippen molar-refractivity contribution in [2.75, 3.05) is 6.61 Å². The third kappa shape index (κ3) is 4.75. The highest BCUT2D eigenvalue weighted by Crippen LogP contribution is 2.22. The van der Waals surface area contributed by atoms with E-state index in [2.05, 4.69) is 15.8 Å². The Morgan fingerprint density at radius 2 is 1.84 bits per heavy atom. The van der Waals surface area contributed by atoms with Crippen LogP contribution in [0.3, 0.4) is 0 Å². The number of hydrogen-bond acceptors (Lipinski definition) is 5. The molecule has 0 saturated heterocycles. The van der Waals surface area contributed by atoms with Gasteiger partial charge in [0.25, 0.3) is 5.91 Å². The average molecular weight is 419 g/mol. The van der Waals surface area contributed by atoms with Crippen molar-refractivity contribution in [3.63, 3.8) is 0 Å². The van der Waals surface area contributed by atoms with Crippen molar-refractivity contribution in [1.29, 1.82) is 0 Å². The van der Waals surface area contributed by atoms with Gasteiger partial charge in [-0.15, -0.1) is 0 Å². The van der Waals surface area contributed by atoms with Crippen LogP contribution >= 0.6 is 0 Å². The maximum atomic E-state index is 12.0. The fourth-order valence-electron chi connectivity index (χ4n) is 3.37. The van der Waals surface area contributed by atoms with Gasteiger partial charge < -0.3 is 14.1 Å². The SMILES string of the molecule is Cc1cc(=O)oc2cc(OCC(=O)NNC(=O)CCc3c[nH]c4ccccc34)ccc12. The third-order valence-electron chi connectivity index (χ3n) is 4.93. The molecule has 2 heterocycles. The first-order chi connectivity index (χ1) is 15.0. The zero-order valence-electron chi connectivity index (χ0n) is 16.9. The average Bonchev–Trinajstić information content (AvgIpc) is 3.17. The summed E-state index contributed by atoms with van der Waals surface area (Å²) in [6.45, 7) is 1.51. The van der Waals surface area contributed by atoms with Crippen LogP contribution < -0.4 is 21.2 Å². The van der Waals surface area contributed by atoms with E-state index in [0.717, 1.165) is 27.4 Å². The predicted molar refractivity (Wildman–Crippen MR) is 116 cm³/mol. The first kappa shape index (κ1) is 20.2. The smallest absolute Gasteiger partial charge is 0.336 e. The van der Waals surface area contributed by atoms with Crippen molar-refractivity contribution in [1.82, 2.24) is 15.8 Å². The topological polar surface area (TPSA) is 113 Å². The Morgan fingerprint density at radius 1 is 1.03 bits per heavy atom.